The molecular formula is C6H13NO3. The molecule has 0 rings (SSSR count). The van der Waals surface area contributed by atoms with Gasteiger partial charge in [0, 0.05) is 13.0 Å². The Labute approximate surface area is 59.9 Å². The molecule has 0 aromatic heterocycles. The first kappa shape index (κ1) is 9.39. The van der Waals surface area contributed by atoms with Crippen LogP contribution in [-0.2, 0) is 4.79 Å². The fourth-order valence-electron chi connectivity index (χ4n) is 0.628. The standard InChI is InChI=1S/C6H13NO3/c1-7-4-5(8)2-3-6(9)10/h5,7-8H,2-4H2,1H3,(H,9,10). The molecule has 0 radical (unpaired) electrons. The van der Waals surface area contributed by atoms with Crippen LogP contribution in [0.15, 0.2) is 0 Å². The number of rotatable bonds is 5. The predicted octanol–water partition coefficient (Wildman–Crippen LogP) is -0.569. The molecule has 0 bridgehead atoms. The van der Waals surface area contributed by atoms with Crippen molar-refractivity contribution >= 4 is 5.97 Å². The largest absolute Gasteiger partial charge is 0.481 e. The van der Waals surface area contributed by atoms with Gasteiger partial charge in [-0.3, -0.25) is 4.79 Å². The van der Waals surface area contributed by atoms with Crippen LogP contribution in [0.5, 0.6) is 0 Å². The van der Waals surface area contributed by atoms with Crippen molar-refractivity contribution in [1.82, 2.24) is 5.32 Å². The Bertz CT molecular complexity index is 105. The maximum absolute atomic E-state index is 9.98. The lowest BCUT2D eigenvalue weighted by atomic mass is 10.2. The maximum Gasteiger partial charge on any atom is 0.303 e. The predicted molar refractivity (Wildman–Crippen MR) is 36.8 cm³/mol. The molecule has 0 spiro atoms. The zero-order valence-electron chi connectivity index (χ0n) is 6.00. The van der Waals surface area contributed by atoms with Crippen LogP contribution in [0.25, 0.3) is 0 Å². The van der Waals surface area contributed by atoms with E-state index >= 15 is 0 Å². The van der Waals surface area contributed by atoms with Crippen LogP contribution in [0.1, 0.15) is 12.8 Å². The van der Waals surface area contributed by atoms with Crippen molar-refractivity contribution in [2.75, 3.05) is 13.6 Å². The first-order valence-electron chi connectivity index (χ1n) is 3.21. The van der Waals surface area contributed by atoms with Gasteiger partial charge in [-0.15, -0.1) is 0 Å². The second-order valence-corrected chi connectivity index (χ2v) is 2.14. The number of nitrogens with one attached hydrogen (secondary N) is 1. The van der Waals surface area contributed by atoms with E-state index in [9.17, 15) is 4.79 Å². The minimum absolute atomic E-state index is 0.0306. The second kappa shape index (κ2) is 5.20. The first-order valence-corrected chi connectivity index (χ1v) is 3.21. The highest BCUT2D eigenvalue weighted by Crippen LogP contribution is 1.94. The van der Waals surface area contributed by atoms with E-state index in [0.29, 0.717) is 13.0 Å². The van der Waals surface area contributed by atoms with E-state index in [-0.39, 0.29) is 6.42 Å². The molecule has 0 heterocycles. The molecule has 3 N–H and O–H groups in total. The Morgan fingerprint density at radius 2 is 2.30 bits per heavy atom. The number of carbonyl (C=O) groups is 1. The van der Waals surface area contributed by atoms with E-state index in [2.05, 4.69) is 5.32 Å². The number of carboxylic acids is 1. The van der Waals surface area contributed by atoms with Crippen molar-refractivity contribution < 1.29 is 15.0 Å². The third kappa shape index (κ3) is 5.53. The molecule has 1 unspecified atom stereocenters. The summed E-state index contributed by atoms with van der Waals surface area (Å²) in [4.78, 5) is 9.98. The van der Waals surface area contributed by atoms with E-state index in [4.69, 9.17) is 10.2 Å². The van der Waals surface area contributed by atoms with Crippen molar-refractivity contribution in [3.63, 3.8) is 0 Å². The highest BCUT2D eigenvalue weighted by molar-refractivity contribution is 5.66. The lowest BCUT2D eigenvalue weighted by molar-refractivity contribution is -0.137. The van der Waals surface area contributed by atoms with Gasteiger partial charge in [0.05, 0.1) is 6.10 Å². The summed E-state index contributed by atoms with van der Waals surface area (Å²) in [6, 6.07) is 0. The maximum atomic E-state index is 9.98. The van der Waals surface area contributed by atoms with Gasteiger partial charge in [0.25, 0.3) is 0 Å². The molecule has 10 heavy (non-hydrogen) atoms. The lowest BCUT2D eigenvalue weighted by Gasteiger charge is -2.06. The van der Waals surface area contributed by atoms with Crippen LogP contribution < -0.4 is 5.32 Å². The number of likely N-dealkylation sites (N-methyl/N-ethyl adjacent to an activating group) is 1. The van der Waals surface area contributed by atoms with Crippen molar-refractivity contribution in [3.8, 4) is 0 Å². The highest BCUT2D eigenvalue weighted by atomic mass is 16.4. The van der Waals surface area contributed by atoms with E-state index in [1.165, 1.54) is 0 Å². The second-order valence-electron chi connectivity index (χ2n) is 2.14. The molecule has 1 atom stereocenters. The molecular weight excluding hydrogens is 134 g/mol. The van der Waals surface area contributed by atoms with Crippen LogP contribution in [-0.4, -0.2) is 35.9 Å². The molecule has 0 saturated heterocycles. The zero-order valence-corrected chi connectivity index (χ0v) is 6.00. The van der Waals surface area contributed by atoms with E-state index in [1.807, 2.05) is 0 Å². The van der Waals surface area contributed by atoms with Crippen LogP contribution in [0.4, 0.5) is 0 Å². The number of aliphatic carboxylic acids is 1. The smallest absolute Gasteiger partial charge is 0.303 e. The summed E-state index contributed by atoms with van der Waals surface area (Å²) in [6.45, 7) is 0.452. The third-order valence-corrected chi connectivity index (χ3v) is 1.13. The Balaban J connectivity index is 3.21. The normalized spacial score (nSPS) is 13.0. The molecule has 0 aliphatic carbocycles. The van der Waals surface area contributed by atoms with Gasteiger partial charge >= 0.3 is 5.97 Å². The number of aliphatic hydroxyl groups excluding tert-OH is 1. The summed E-state index contributed by atoms with van der Waals surface area (Å²) in [5.41, 5.74) is 0. The number of hydrogen-bond donors (Lipinski definition) is 3. The Kier molecular flexibility index (Phi) is 4.88. The van der Waals surface area contributed by atoms with Crippen LogP contribution in [0.3, 0.4) is 0 Å². The van der Waals surface area contributed by atoms with Gasteiger partial charge in [0.2, 0.25) is 0 Å². The molecule has 0 amide bonds. The fourth-order valence-corrected chi connectivity index (χ4v) is 0.628. The van der Waals surface area contributed by atoms with E-state index in [1.54, 1.807) is 7.05 Å². The van der Waals surface area contributed by atoms with E-state index in [0.717, 1.165) is 0 Å². The third-order valence-electron chi connectivity index (χ3n) is 1.13. The van der Waals surface area contributed by atoms with Crippen molar-refractivity contribution in [2.24, 2.45) is 0 Å². The fraction of sp³-hybridized carbons (Fsp3) is 0.833. The van der Waals surface area contributed by atoms with Crippen LogP contribution in [0, 0.1) is 0 Å². The van der Waals surface area contributed by atoms with Gasteiger partial charge in [-0.25, -0.2) is 0 Å². The first-order chi connectivity index (χ1) is 4.66. The molecule has 4 heteroatoms. The zero-order chi connectivity index (χ0) is 7.98. The molecule has 0 aromatic carbocycles. The quantitative estimate of drug-likeness (QED) is 0.487. The van der Waals surface area contributed by atoms with Gasteiger partial charge in [-0.05, 0) is 13.5 Å². The average Bonchev–Trinajstić information content (AvgIpc) is 1.85. The van der Waals surface area contributed by atoms with Crippen molar-refractivity contribution in [2.45, 2.75) is 18.9 Å². The molecule has 0 aromatic rings. The molecule has 0 aliphatic rings. The van der Waals surface area contributed by atoms with Gasteiger partial charge in [0.1, 0.15) is 0 Å². The lowest BCUT2D eigenvalue weighted by Crippen LogP contribution is -2.23. The molecule has 0 saturated carbocycles. The molecule has 4 nitrogen and oxygen atoms in total. The van der Waals surface area contributed by atoms with Gasteiger partial charge in [-0.2, -0.15) is 0 Å². The van der Waals surface area contributed by atoms with Gasteiger partial charge < -0.3 is 15.5 Å². The molecule has 0 aliphatic heterocycles. The van der Waals surface area contributed by atoms with Crippen LogP contribution >= 0.6 is 0 Å². The Morgan fingerprint density at radius 3 is 2.70 bits per heavy atom. The summed E-state index contributed by atoms with van der Waals surface area (Å²) in [5, 5.41) is 19.9. The number of aliphatic hydroxyl groups is 1. The molecule has 60 valence electrons. The van der Waals surface area contributed by atoms with Crippen molar-refractivity contribution in [1.29, 1.82) is 0 Å². The Hall–Kier alpha value is -0.610. The summed E-state index contributed by atoms with van der Waals surface area (Å²) in [5.74, 6) is -0.866. The van der Waals surface area contributed by atoms with E-state index < -0.39 is 12.1 Å². The Morgan fingerprint density at radius 1 is 1.70 bits per heavy atom. The average molecular weight is 147 g/mol. The number of hydrogen-bond acceptors (Lipinski definition) is 3. The molecule has 0 fully saturated rings. The summed E-state index contributed by atoms with van der Waals surface area (Å²) in [7, 11) is 1.71. The topological polar surface area (TPSA) is 69.6 Å². The number of carboxylic acid groups (broad SMARTS) is 1. The minimum atomic E-state index is -0.866. The van der Waals surface area contributed by atoms with Gasteiger partial charge in [0.15, 0.2) is 0 Å². The highest BCUT2D eigenvalue weighted by Gasteiger charge is 2.04. The summed E-state index contributed by atoms with van der Waals surface area (Å²) >= 11 is 0. The summed E-state index contributed by atoms with van der Waals surface area (Å²) in [6.07, 6.45) is -0.194. The minimum Gasteiger partial charge on any atom is -0.481 e. The van der Waals surface area contributed by atoms with Gasteiger partial charge in [-0.1, -0.05) is 0 Å². The summed E-state index contributed by atoms with van der Waals surface area (Å²) < 4.78 is 0. The van der Waals surface area contributed by atoms with Crippen LogP contribution in [0.2, 0.25) is 0 Å². The van der Waals surface area contributed by atoms with Crippen molar-refractivity contribution in [3.05, 3.63) is 0 Å². The SMILES string of the molecule is CNCC(O)CCC(=O)O. The monoisotopic (exact) mass is 147 g/mol.